The molecule has 5 nitrogen and oxygen atoms in total. The zero-order valence-electron chi connectivity index (χ0n) is 15.0. The van der Waals surface area contributed by atoms with Crippen LogP contribution in [0.4, 0.5) is 0 Å². The molecule has 3 heterocycles. The van der Waals surface area contributed by atoms with Gasteiger partial charge in [0.25, 0.3) is 5.56 Å². The SMILES string of the molecule is COc1cccc(C[C@@H]2CCCN2Cc2cc(=O)n3ccccc3n2)c1. The van der Waals surface area contributed by atoms with E-state index >= 15 is 0 Å². The van der Waals surface area contributed by atoms with Gasteiger partial charge in [-0.3, -0.25) is 14.1 Å². The van der Waals surface area contributed by atoms with Gasteiger partial charge in [0.05, 0.1) is 12.8 Å². The van der Waals surface area contributed by atoms with Crippen LogP contribution in [0.25, 0.3) is 5.65 Å². The van der Waals surface area contributed by atoms with Gasteiger partial charge in [-0.15, -0.1) is 0 Å². The molecule has 1 aliphatic rings. The fourth-order valence-corrected chi connectivity index (χ4v) is 3.80. The van der Waals surface area contributed by atoms with Crippen LogP contribution in [0.3, 0.4) is 0 Å². The van der Waals surface area contributed by atoms with Gasteiger partial charge < -0.3 is 4.74 Å². The van der Waals surface area contributed by atoms with E-state index in [2.05, 4.69) is 22.0 Å². The topological polar surface area (TPSA) is 46.8 Å². The molecule has 0 aliphatic carbocycles. The number of hydrogen-bond acceptors (Lipinski definition) is 4. The molecule has 5 heteroatoms. The van der Waals surface area contributed by atoms with E-state index in [1.54, 1.807) is 23.8 Å². The third-order valence-electron chi connectivity index (χ3n) is 5.09. The maximum Gasteiger partial charge on any atom is 0.258 e. The standard InChI is InChI=1S/C21H23N3O2/c1-26-19-8-4-6-16(13-19)12-18-7-5-10-23(18)15-17-14-21(25)24-11-3-2-9-20(24)22-17/h2-4,6,8-9,11,13-14,18H,5,7,10,12,15H2,1H3/t18-/m0/s1. The minimum absolute atomic E-state index is 0.0193. The van der Waals surface area contributed by atoms with Crippen LogP contribution in [-0.2, 0) is 13.0 Å². The molecule has 1 saturated heterocycles. The smallest absolute Gasteiger partial charge is 0.258 e. The molecule has 26 heavy (non-hydrogen) atoms. The maximum atomic E-state index is 12.3. The average Bonchev–Trinajstić information content (AvgIpc) is 3.08. The van der Waals surface area contributed by atoms with E-state index in [4.69, 9.17) is 4.74 Å². The highest BCUT2D eigenvalue weighted by Gasteiger charge is 2.25. The van der Waals surface area contributed by atoms with Gasteiger partial charge in [0.1, 0.15) is 11.4 Å². The highest BCUT2D eigenvalue weighted by atomic mass is 16.5. The Labute approximate surface area is 152 Å². The molecule has 3 aromatic rings. The van der Waals surface area contributed by atoms with Crippen molar-refractivity contribution in [3.05, 3.63) is 76.3 Å². The molecule has 1 aliphatic heterocycles. The van der Waals surface area contributed by atoms with Gasteiger partial charge >= 0.3 is 0 Å². The second kappa shape index (κ2) is 7.30. The van der Waals surface area contributed by atoms with Crippen molar-refractivity contribution in [3.8, 4) is 5.75 Å². The second-order valence-corrected chi connectivity index (χ2v) is 6.84. The summed E-state index contributed by atoms with van der Waals surface area (Å²) >= 11 is 0. The third-order valence-corrected chi connectivity index (χ3v) is 5.09. The van der Waals surface area contributed by atoms with Gasteiger partial charge in [0, 0.05) is 24.8 Å². The molecule has 0 radical (unpaired) electrons. The summed E-state index contributed by atoms with van der Waals surface area (Å²) < 4.78 is 6.92. The van der Waals surface area contributed by atoms with Crippen molar-refractivity contribution in [3.63, 3.8) is 0 Å². The second-order valence-electron chi connectivity index (χ2n) is 6.84. The zero-order valence-corrected chi connectivity index (χ0v) is 15.0. The van der Waals surface area contributed by atoms with Crippen LogP contribution in [-0.4, -0.2) is 34.0 Å². The van der Waals surface area contributed by atoms with Crippen LogP contribution in [0.2, 0.25) is 0 Å². The van der Waals surface area contributed by atoms with Crippen molar-refractivity contribution in [1.82, 2.24) is 14.3 Å². The highest BCUT2D eigenvalue weighted by molar-refractivity contribution is 5.38. The lowest BCUT2D eigenvalue weighted by Gasteiger charge is -2.24. The number of likely N-dealkylation sites (tertiary alicyclic amines) is 1. The average molecular weight is 349 g/mol. The number of ether oxygens (including phenoxy) is 1. The Morgan fingerprint density at radius 2 is 2.12 bits per heavy atom. The molecule has 1 aromatic carbocycles. The van der Waals surface area contributed by atoms with Crippen molar-refractivity contribution < 1.29 is 4.74 Å². The quantitative estimate of drug-likeness (QED) is 0.711. The Morgan fingerprint density at radius 1 is 1.19 bits per heavy atom. The van der Waals surface area contributed by atoms with Crippen molar-refractivity contribution >= 4 is 5.65 Å². The molecule has 0 N–H and O–H groups in total. The first kappa shape index (κ1) is 16.8. The van der Waals surface area contributed by atoms with Crippen LogP contribution in [0, 0.1) is 0 Å². The van der Waals surface area contributed by atoms with Gasteiger partial charge in [0.2, 0.25) is 0 Å². The molecular formula is C21H23N3O2. The van der Waals surface area contributed by atoms with Gasteiger partial charge in [-0.2, -0.15) is 0 Å². The largest absolute Gasteiger partial charge is 0.497 e. The van der Waals surface area contributed by atoms with E-state index in [-0.39, 0.29) is 5.56 Å². The van der Waals surface area contributed by atoms with Crippen molar-refractivity contribution in [2.24, 2.45) is 0 Å². The maximum absolute atomic E-state index is 12.3. The lowest BCUT2D eigenvalue weighted by molar-refractivity contribution is 0.241. The molecule has 0 saturated carbocycles. The number of hydrogen-bond donors (Lipinski definition) is 0. The molecular weight excluding hydrogens is 326 g/mol. The first-order valence-electron chi connectivity index (χ1n) is 9.07. The van der Waals surface area contributed by atoms with Gasteiger partial charge in [-0.05, 0) is 55.6 Å². The van der Waals surface area contributed by atoms with Crippen LogP contribution < -0.4 is 10.3 Å². The van der Waals surface area contributed by atoms with Crippen LogP contribution in [0.1, 0.15) is 24.1 Å². The minimum atomic E-state index is -0.0193. The summed E-state index contributed by atoms with van der Waals surface area (Å²) in [5.74, 6) is 0.899. The zero-order chi connectivity index (χ0) is 17.9. The fourth-order valence-electron chi connectivity index (χ4n) is 3.80. The molecule has 1 fully saturated rings. The number of nitrogens with zero attached hydrogens (tertiary/aromatic N) is 3. The summed E-state index contributed by atoms with van der Waals surface area (Å²) in [7, 11) is 1.70. The Hall–Kier alpha value is -2.66. The minimum Gasteiger partial charge on any atom is -0.497 e. The van der Waals surface area contributed by atoms with E-state index in [9.17, 15) is 4.79 Å². The van der Waals surface area contributed by atoms with E-state index in [0.717, 1.165) is 31.0 Å². The number of fused-ring (bicyclic) bond motifs is 1. The molecule has 0 spiro atoms. The highest BCUT2D eigenvalue weighted by Crippen LogP contribution is 2.24. The first-order chi connectivity index (χ1) is 12.7. The number of aromatic nitrogens is 2. The molecule has 0 bridgehead atoms. The predicted octanol–water partition coefficient (Wildman–Crippen LogP) is 2.91. The van der Waals surface area contributed by atoms with E-state index in [1.807, 2.05) is 30.3 Å². The van der Waals surface area contributed by atoms with E-state index in [0.29, 0.717) is 11.7 Å². The predicted molar refractivity (Wildman–Crippen MR) is 102 cm³/mol. The normalized spacial score (nSPS) is 17.7. The number of methoxy groups -OCH3 is 1. The molecule has 4 rings (SSSR count). The molecule has 2 aromatic heterocycles. The van der Waals surface area contributed by atoms with Crippen molar-refractivity contribution in [2.45, 2.75) is 31.8 Å². The monoisotopic (exact) mass is 349 g/mol. The third kappa shape index (κ3) is 3.48. The summed E-state index contributed by atoms with van der Waals surface area (Å²) in [4.78, 5) is 19.4. The van der Waals surface area contributed by atoms with Crippen molar-refractivity contribution in [2.75, 3.05) is 13.7 Å². The molecule has 1 atom stereocenters. The van der Waals surface area contributed by atoms with Gasteiger partial charge in [-0.25, -0.2) is 4.98 Å². The molecule has 0 unspecified atom stereocenters. The Morgan fingerprint density at radius 3 is 3.00 bits per heavy atom. The Kier molecular flexibility index (Phi) is 4.71. The van der Waals surface area contributed by atoms with Crippen LogP contribution >= 0.6 is 0 Å². The lowest BCUT2D eigenvalue weighted by Crippen LogP contribution is -2.31. The summed E-state index contributed by atoms with van der Waals surface area (Å²) in [6.07, 6.45) is 5.10. The summed E-state index contributed by atoms with van der Waals surface area (Å²) in [6.45, 7) is 1.76. The fraction of sp³-hybridized carbons (Fsp3) is 0.333. The van der Waals surface area contributed by atoms with Crippen molar-refractivity contribution in [1.29, 1.82) is 0 Å². The Bertz CT molecular complexity index is 967. The number of rotatable bonds is 5. The lowest BCUT2D eigenvalue weighted by atomic mass is 10.0. The molecule has 0 amide bonds. The van der Waals surface area contributed by atoms with E-state index < -0.39 is 0 Å². The number of pyridine rings is 1. The van der Waals surface area contributed by atoms with Gasteiger partial charge in [0.15, 0.2) is 0 Å². The summed E-state index contributed by atoms with van der Waals surface area (Å²) in [5, 5.41) is 0. The first-order valence-corrected chi connectivity index (χ1v) is 9.07. The van der Waals surface area contributed by atoms with Gasteiger partial charge in [-0.1, -0.05) is 18.2 Å². The van der Waals surface area contributed by atoms with Crippen LogP contribution in [0.15, 0.2) is 59.5 Å². The summed E-state index contributed by atoms with van der Waals surface area (Å²) in [5.41, 5.74) is 2.82. The number of benzene rings is 1. The van der Waals surface area contributed by atoms with Crippen LogP contribution in [0.5, 0.6) is 5.75 Å². The summed E-state index contributed by atoms with van der Waals surface area (Å²) in [6, 6.07) is 16.0. The molecule has 134 valence electrons. The van der Waals surface area contributed by atoms with E-state index in [1.165, 1.54) is 18.4 Å². The Balaban J connectivity index is 1.53.